The molecular formula is C31H38N6O6. The third-order valence-electron chi connectivity index (χ3n) is 7.39. The van der Waals surface area contributed by atoms with Gasteiger partial charge in [0.25, 0.3) is 0 Å². The zero-order chi connectivity index (χ0) is 30.6. The fraction of sp³-hybridized carbons (Fsp3) is 0.387. The molecule has 0 spiro atoms. The first-order chi connectivity index (χ1) is 20.8. The number of hydrogen-bond acceptors (Lipinski definition) is 7. The Morgan fingerprint density at radius 3 is 2.30 bits per heavy atom. The van der Waals surface area contributed by atoms with Crippen LogP contribution >= 0.6 is 0 Å². The SMILES string of the molecule is Cc1cn(C[C@H](NC(=O)OCc2ccccc2)C(=O)O)c(=O)nc1NCC1CCC(NC(=O)NCc2ccccc2)CC1. The Kier molecular flexibility index (Phi) is 11.1. The number of carboxylic acid groups (broad SMARTS) is 1. The number of benzene rings is 2. The minimum absolute atomic E-state index is 0.0117. The quantitative estimate of drug-likeness (QED) is 0.214. The maximum absolute atomic E-state index is 12.7. The molecule has 1 saturated carbocycles. The first kappa shape index (κ1) is 31.1. The third-order valence-corrected chi connectivity index (χ3v) is 7.39. The zero-order valence-corrected chi connectivity index (χ0v) is 24.1. The summed E-state index contributed by atoms with van der Waals surface area (Å²) in [6, 6.07) is 17.3. The van der Waals surface area contributed by atoms with Gasteiger partial charge >= 0.3 is 23.8 Å². The van der Waals surface area contributed by atoms with Crippen molar-refractivity contribution in [3.05, 3.63) is 94.0 Å². The van der Waals surface area contributed by atoms with Crippen LogP contribution in [0.2, 0.25) is 0 Å². The number of nitrogens with one attached hydrogen (secondary N) is 4. The van der Waals surface area contributed by atoms with Crippen LogP contribution < -0.4 is 27.0 Å². The average molecular weight is 591 g/mol. The normalized spacial score (nSPS) is 16.9. The highest BCUT2D eigenvalue weighted by Crippen LogP contribution is 2.25. The van der Waals surface area contributed by atoms with Crippen molar-refractivity contribution in [1.29, 1.82) is 0 Å². The number of carboxylic acids is 1. The van der Waals surface area contributed by atoms with Crippen molar-refractivity contribution >= 4 is 23.9 Å². The van der Waals surface area contributed by atoms with Crippen molar-refractivity contribution in [2.24, 2.45) is 5.92 Å². The van der Waals surface area contributed by atoms with E-state index in [4.69, 9.17) is 4.74 Å². The van der Waals surface area contributed by atoms with E-state index in [-0.39, 0.29) is 25.2 Å². The van der Waals surface area contributed by atoms with E-state index in [1.54, 1.807) is 31.2 Å². The number of nitrogens with zero attached hydrogens (tertiary/aromatic N) is 2. The lowest BCUT2D eigenvalue weighted by molar-refractivity contribution is -0.139. The van der Waals surface area contributed by atoms with E-state index in [0.717, 1.165) is 41.4 Å². The number of carbonyl (C=O) groups excluding carboxylic acids is 2. The van der Waals surface area contributed by atoms with Gasteiger partial charge in [-0.2, -0.15) is 4.98 Å². The summed E-state index contributed by atoms with van der Waals surface area (Å²) in [4.78, 5) is 53.1. The van der Waals surface area contributed by atoms with Crippen molar-refractivity contribution in [3.8, 4) is 0 Å². The van der Waals surface area contributed by atoms with Crippen LogP contribution in [0.3, 0.4) is 0 Å². The molecule has 4 rings (SSSR count). The lowest BCUT2D eigenvalue weighted by Crippen LogP contribution is -2.45. The second kappa shape index (κ2) is 15.4. The summed E-state index contributed by atoms with van der Waals surface area (Å²) < 4.78 is 6.28. The second-order valence-electron chi connectivity index (χ2n) is 10.7. The minimum Gasteiger partial charge on any atom is -0.480 e. The van der Waals surface area contributed by atoms with Gasteiger partial charge < -0.3 is 31.1 Å². The van der Waals surface area contributed by atoms with Crippen LogP contribution in [-0.4, -0.2) is 51.4 Å². The van der Waals surface area contributed by atoms with Gasteiger partial charge in [-0.25, -0.2) is 19.2 Å². The number of amides is 3. The number of ether oxygens (including phenoxy) is 1. The molecule has 0 bridgehead atoms. The van der Waals surface area contributed by atoms with Gasteiger partial charge in [0.1, 0.15) is 18.5 Å². The van der Waals surface area contributed by atoms with Crippen LogP contribution in [-0.2, 0) is 29.2 Å². The third kappa shape index (κ3) is 9.87. The largest absolute Gasteiger partial charge is 0.480 e. The molecule has 0 unspecified atom stereocenters. The molecule has 5 N–H and O–H groups in total. The number of urea groups is 1. The number of carbonyl (C=O) groups is 3. The van der Waals surface area contributed by atoms with Gasteiger partial charge in [-0.05, 0) is 49.7 Å². The fourth-order valence-electron chi connectivity index (χ4n) is 4.96. The first-order valence-electron chi connectivity index (χ1n) is 14.4. The molecule has 12 heteroatoms. The predicted octanol–water partition coefficient (Wildman–Crippen LogP) is 3.40. The minimum atomic E-state index is -1.38. The van der Waals surface area contributed by atoms with E-state index in [1.807, 2.05) is 36.4 Å². The molecule has 2 aromatic carbocycles. The van der Waals surface area contributed by atoms with Gasteiger partial charge in [0.2, 0.25) is 0 Å². The van der Waals surface area contributed by atoms with Crippen molar-refractivity contribution in [2.75, 3.05) is 11.9 Å². The summed E-state index contributed by atoms with van der Waals surface area (Å²) >= 11 is 0. The van der Waals surface area contributed by atoms with Gasteiger partial charge in [0, 0.05) is 30.9 Å². The Morgan fingerprint density at radius 2 is 1.65 bits per heavy atom. The highest BCUT2D eigenvalue weighted by Gasteiger charge is 2.24. The number of anilines is 1. The van der Waals surface area contributed by atoms with Crippen molar-refractivity contribution < 1.29 is 24.2 Å². The monoisotopic (exact) mass is 590 g/mol. The summed E-state index contributed by atoms with van der Waals surface area (Å²) in [5.41, 5.74) is 1.84. The number of aryl methyl sites for hydroxylation is 1. The summed E-state index contributed by atoms with van der Waals surface area (Å²) in [5, 5.41) is 21.1. The molecule has 1 atom stereocenters. The number of aromatic nitrogens is 2. The molecule has 3 aromatic rings. The summed E-state index contributed by atoms with van der Waals surface area (Å²) in [7, 11) is 0. The van der Waals surface area contributed by atoms with Crippen LogP contribution in [0.15, 0.2) is 71.7 Å². The molecule has 1 aliphatic rings. The molecule has 0 aliphatic heterocycles. The molecule has 3 amide bonds. The molecule has 0 saturated heterocycles. The Bertz CT molecular complexity index is 1420. The maximum Gasteiger partial charge on any atom is 0.408 e. The van der Waals surface area contributed by atoms with E-state index < -0.39 is 23.8 Å². The van der Waals surface area contributed by atoms with Gasteiger partial charge in [0.05, 0.1) is 6.54 Å². The predicted molar refractivity (Wildman–Crippen MR) is 160 cm³/mol. The second-order valence-corrected chi connectivity index (χ2v) is 10.7. The van der Waals surface area contributed by atoms with Crippen LogP contribution in [0.25, 0.3) is 0 Å². The molecule has 1 fully saturated rings. The summed E-state index contributed by atoms with van der Waals surface area (Å²) in [6.07, 6.45) is 4.18. The average Bonchev–Trinajstić information content (AvgIpc) is 3.01. The fourth-order valence-corrected chi connectivity index (χ4v) is 4.96. The van der Waals surface area contributed by atoms with Gasteiger partial charge in [0.15, 0.2) is 0 Å². The van der Waals surface area contributed by atoms with E-state index in [2.05, 4.69) is 26.3 Å². The number of aliphatic carboxylic acids is 1. The van der Waals surface area contributed by atoms with Gasteiger partial charge in [-0.3, -0.25) is 4.57 Å². The number of hydrogen-bond donors (Lipinski definition) is 5. The molecule has 1 aliphatic carbocycles. The molecule has 1 heterocycles. The van der Waals surface area contributed by atoms with E-state index in [9.17, 15) is 24.3 Å². The molecule has 1 aromatic heterocycles. The van der Waals surface area contributed by atoms with Crippen molar-refractivity contribution in [1.82, 2.24) is 25.5 Å². The standard InChI is InChI=1S/C31H38N6O6/c1-21-18-37(19-26(28(38)39)35-31(42)43-20-24-10-6-3-7-11-24)30(41)36-27(21)32-16-23-12-14-25(15-13-23)34-29(40)33-17-22-8-4-2-5-9-22/h2-11,18,23,25-26H,12-17,19-20H2,1H3,(H,35,42)(H,38,39)(H,32,36,41)(H2,33,34,40)/t23?,25?,26-/m0/s1. The molecule has 228 valence electrons. The zero-order valence-electron chi connectivity index (χ0n) is 24.1. The Balaban J connectivity index is 1.21. The smallest absolute Gasteiger partial charge is 0.408 e. The Morgan fingerprint density at radius 1 is 1.00 bits per heavy atom. The topological polar surface area (TPSA) is 164 Å². The van der Waals surface area contributed by atoms with Crippen LogP contribution in [0.1, 0.15) is 42.4 Å². The van der Waals surface area contributed by atoms with Crippen LogP contribution in [0, 0.1) is 12.8 Å². The van der Waals surface area contributed by atoms with E-state index in [0.29, 0.717) is 30.4 Å². The molecule has 12 nitrogen and oxygen atoms in total. The highest BCUT2D eigenvalue weighted by molar-refractivity contribution is 5.79. The molecular weight excluding hydrogens is 552 g/mol. The van der Waals surface area contributed by atoms with Crippen molar-refractivity contribution in [3.63, 3.8) is 0 Å². The van der Waals surface area contributed by atoms with Gasteiger partial charge in [-0.15, -0.1) is 0 Å². The van der Waals surface area contributed by atoms with Crippen LogP contribution in [0.4, 0.5) is 15.4 Å². The molecule has 0 radical (unpaired) electrons. The lowest BCUT2D eigenvalue weighted by Gasteiger charge is -2.29. The lowest BCUT2D eigenvalue weighted by atomic mass is 9.86. The van der Waals surface area contributed by atoms with E-state index in [1.165, 1.54) is 6.20 Å². The Hall–Kier alpha value is -4.87. The maximum atomic E-state index is 12.7. The Labute approximate surface area is 249 Å². The summed E-state index contributed by atoms with van der Waals surface area (Å²) in [6.45, 7) is 2.56. The highest BCUT2D eigenvalue weighted by atomic mass is 16.5. The number of alkyl carbamates (subject to hydrolysis) is 1. The molecule has 43 heavy (non-hydrogen) atoms. The van der Waals surface area contributed by atoms with Crippen molar-refractivity contribution in [2.45, 2.75) is 64.4 Å². The van der Waals surface area contributed by atoms with Gasteiger partial charge in [-0.1, -0.05) is 60.7 Å². The van der Waals surface area contributed by atoms with Crippen LogP contribution in [0.5, 0.6) is 0 Å². The summed E-state index contributed by atoms with van der Waals surface area (Å²) in [5.74, 6) is -0.511. The first-order valence-corrected chi connectivity index (χ1v) is 14.4. The van der Waals surface area contributed by atoms with E-state index >= 15 is 0 Å². The number of rotatable bonds is 12.